The van der Waals surface area contributed by atoms with Crippen LogP contribution in [0.1, 0.15) is 51.0 Å². The van der Waals surface area contributed by atoms with E-state index < -0.39 is 23.3 Å². The van der Waals surface area contributed by atoms with Crippen LogP contribution in [0.4, 0.5) is 17.6 Å². The Morgan fingerprint density at radius 2 is 1.41 bits per heavy atom. The molecule has 0 aliphatic heterocycles. The van der Waals surface area contributed by atoms with Gasteiger partial charge in [-0.1, -0.05) is 38.0 Å². The number of rotatable bonds is 4. The number of ether oxygens (including phenoxy) is 1. The van der Waals surface area contributed by atoms with E-state index in [9.17, 15) is 17.6 Å². The molecule has 2 aromatic rings. The Morgan fingerprint density at radius 3 is 2.04 bits per heavy atom. The fourth-order valence-corrected chi connectivity index (χ4v) is 3.63. The van der Waals surface area contributed by atoms with Crippen LogP contribution in [0.2, 0.25) is 0 Å². The summed E-state index contributed by atoms with van der Waals surface area (Å²) in [6, 6.07) is 5.21. The average Bonchev–Trinajstić information content (AvgIpc) is 2.67. The van der Waals surface area contributed by atoms with Crippen molar-refractivity contribution in [2.45, 2.75) is 45.4 Å². The highest BCUT2D eigenvalue weighted by Gasteiger charge is 2.26. The van der Waals surface area contributed by atoms with Gasteiger partial charge >= 0.3 is 0 Å². The Bertz CT molecular complexity index is 852. The first-order valence-corrected chi connectivity index (χ1v) is 9.18. The predicted molar refractivity (Wildman–Crippen MR) is 97.5 cm³/mol. The van der Waals surface area contributed by atoms with Gasteiger partial charge in [-0.15, -0.1) is 0 Å². The summed E-state index contributed by atoms with van der Waals surface area (Å²) >= 11 is 0. The third kappa shape index (κ3) is 3.87. The Kier molecular flexibility index (Phi) is 5.88. The van der Waals surface area contributed by atoms with Crippen molar-refractivity contribution in [2.75, 3.05) is 0 Å². The zero-order valence-corrected chi connectivity index (χ0v) is 15.4. The summed E-state index contributed by atoms with van der Waals surface area (Å²) in [5.74, 6) is -4.39. The molecule has 1 fully saturated rings. The lowest BCUT2D eigenvalue weighted by molar-refractivity contribution is 0.339. The van der Waals surface area contributed by atoms with Gasteiger partial charge in [-0.3, -0.25) is 0 Å². The standard InChI is InChI=1S/C22H22F4O/c1-3-12-27-18-11-10-17(21(25)22(18)26)16-9-8-15(19(23)20(16)24)14-6-4-13(2)5-7-14/h3,8-14H,4-7H2,1-2H3/b12-3-. The van der Waals surface area contributed by atoms with Crippen LogP contribution in [0.15, 0.2) is 36.6 Å². The Hall–Kier alpha value is -2.30. The second-order valence-corrected chi connectivity index (χ2v) is 7.11. The third-order valence-corrected chi connectivity index (χ3v) is 5.24. The van der Waals surface area contributed by atoms with Crippen molar-refractivity contribution in [2.24, 2.45) is 5.92 Å². The third-order valence-electron chi connectivity index (χ3n) is 5.24. The lowest BCUT2D eigenvalue weighted by atomic mass is 9.79. The van der Waals surface area contributed by atoms with Gasteiger partial charge in [0.05, 0.1) is 6.26 Å². The molecule has 2 aromatic carbocycles. The molecule has 1 nitrogen and oxygen atoms in total. The van der Waals surface area contributed by atoms with E-state index in [0.29, 0.717) is 11.5 Å². The van der Waals surface area contributed by atoms with Gasteiger partial charge in [-0.2, -0.15) is 4.39 Å². The molecule has 0 amide bonds. The first kappa shape index (κ1) is 19.5. The Balaban J connectivity index is 1.96. The van der Waals surface area contributed by atoms with Crippen LogP contribution in [0, 0.1) is 29.2 Å². The van der Waals surface area contributed by atoms with E-state index in [1.807, 2.05) is 0 Å². The summed E-state index contributed by atoms with van der Waals surface area (Å²) in [6.45, 7) is 3.81. The van der Waals surface area contributed by atoms with Gasteiger partial charge in [0, 0.05) is 11.1 Å². The van der Waals surface area contributed by atoms with Gasteiger partial charge in [0.25, 0.3) is 0 Å². The van der Waals surface area contributed by atoms with Crippen molar-refractivity contribution < 1.29 is 22.3 Å². The molecule has 0 unspecified atom stereocenters. The molecule has 1 aliphatic carbocycles. The zero-order chi connectivity index (χ0) is 19.6. The van der Waals surface area contributed by atoms with Crippen molar-refractivity contribution in [3.05, 3.63) is 65.4 Å². The molecule has 1 saturated carbocycles. The number of hydrogen-bond donors (Lipinski definition) is 0. The van der Waals surface area contributed by atoms with E-state index >= 15 is 0 Å². The Morgan fingerprint density at radius 1 is 0.815 bits per heavy atom. The number of hydrogen-bond acceptors (Lipinski definition) is 1. The molecule has 0 N–H and O–H groups in total. The summed E-state index contributed by atoms with van der Waals surface area (Å²) in [4.78, 5) is 0. The first-order valence-electron chi connectivity index (χ1n) is 9.18. The molecule has 0 bridgehead atoms. The van der Waals surface area contributed by atoms with Crippen molar-refractivity contribution in [1.82, 2.24) is 0 Å². The van der Waals surface area contributed by atoms with Crippen molar-refractivity contribution >= 4 is 0 Å². The second-order valence-electron chi connectivity index (χ2n) is 7.11. The fraction of sp³-hybridized carbons (Fsp3) is 0.364. The molecule has 144 valence electrons. The molecular weight excluding hydrogens is 356 g/mol. The monoisotopic (exact) mass is 378 g/mol. The molecule has 0 radical (unpaired) electrons. The average molecular weight is 378 g/mol. The van der Waals surface area contributed by atoms with Gasteiger partial charge < -0.3 is 4.74 Å². The fourth-order valence-electron chi connectivity index (χ4n) is 3.63. The van der Waals surface area contributed by atoms with Crippen LogP contribution in [-0.2, 0) is 0 Å². The molecule has 0 heterocycles. The highest BCUT2D eigenvalue weighted by atomic mass is 19.2. The van der Waals surface area contributed by atoms with Gasteiger partial charge in [0.1, 0.15) is 0 Å². The van der Waals surface area contributed by atoms with E-state index in [1.165, 1.54) is 36.6 Å². The highest BCUT2D eigenvalue weighted by molar-refractivity contribution is 5.66. The summed E-state index contributed by atoms with van der Waals surface area (Å²) < 4.78 is 62.9. The topological polar surface area (TPSA) is 9.23 Å². The number of benzene rings is 2. The van der Waals surface area contributed by atoms with Crippen LogP contribution >= 0.6 is 0 Å². The summed E-state index contributed by atoms with van der Waals surface area (Å²) in [7, 11) is 0. The second kappa shape index (κ2) is 8.15. The van der Waals surface area contributed by atoms with Crippen LogP contribution in [-0.4, -0.2) is 0 Å². The molecule has 0 spiro atoms. The Labute approximate surface area is 156 Å². The zero-order valence-electron chi connectivity index (χ0n) is 15.4. The lowest BCUT2D eigenvalue weighted by Gasteiger charge is -2.27. The van der Waals surface area contributed by atoms with E-state index in [4.69, 9.17) is 4.74 Å². The van der Waals surface area contributed by atoms with E-state index in [-0.39, 0.29) is 22.8 Å². The van der Waals surface area contributed by atoms with Gasteiger partial charge in [0.2, 0.25) is 5.82 Å². The van der Waals surface area contributed by atoms with Gasteiger partial charge in [-0.05, 0) is 49.3 Å². The SMILES string of the molecule is C/C=C\Oc1ccc(-c2ccc(C3CCC(C)CC3)c(F)c2F)c(F)c1F. The number of halogens is 4. The molecule has 3 rings (SSSR count). The maximum absolute atomic E-state index is 14.7. The molecular formula is C22H22F4O. The van der Waals surface area contributed by atoms with Crippen LogP contribution in [0.3, 0.4) is 0 Å². The molecule has 0 aromatic heterocycles. The normalized spacial score (nSPS) is 20.2. The van der Waals surface area contributed by atoms with Gasteiger partial charge in [-0.25, -0.2) is 13.2 Å². The molecule has 0 saturated heterocycles. The maximum atomic E-state index is 14.7. The summed E-state index contributed by atoms with van der Waals surface area (Å²) in [5.41, 5.74) is -0.313. The minimum Gasteiger partial charge on any atom is -0.462 e. The van der Waals surface area contributed by atoms with E-state index in [1.54, 1.807) is 6.92 Å². The summed E-state index contributed by atoms with van der Waals surface area (Å²) in [5, 5.41) is 0. The quantitative estimate of drug-likeness (QED) is 0.407. The van der Waals surface area contributed by atoms with E-state index in [0.717, 1.165) is 25.7 Å². The van der Waals surface area contributed by atoms with Crippen molar-refractivity contribution in [3.8, 4) is 16.9 Å². The molecule has 27 heavy (non-hydrogen) atoms. The smallest absolute Gasteiger partial charge is 0.201 e. The predicted octanol–water partition coefficient (Wildman–Crippen LogP) is 7.12. The first-order chi connectivity index (χ1) is 12.9. The van der Waals surface area contributed by atoms with Crippen LogP contribution in [0.5, 0.6) is 5.75 Å². The minimum absolute atomic E-state index is 0.0389. The van der Waals surface area contributed by atoms with Crippen LogP contribution < -0.4 is 4.74 Å². The lowest BCUT2D eigenvalue weighted by Crippen LogP contribution is -2.13. The molecule has 5 heteroatoms. The largest absolute Gasteiger partial charge is 0.462 e. The van der Waals surface area contributed by atoms with Gasteiger partial charge in [0.15, 0.2) is 23.2 Å². The molecule has 1 aliphatic rings. The van der Waals surface area contributed by atoms with E-state index in [2.05, 4.69) is 6.92 Å². The highest BCUT2D eigenvalue weighted by Crippen LogP contribution is 2.39. The minimum atomic E-state index is -1.27. The molecule has 0 atom stereocenters. The van der Waals surface area contributed by atoms with Crippen LogP contribution in [0.25, 0.3) is 11.1 Å². The maximum Gasteiger partial charge on any atom is 0.201 e. The summed E-state index contributed by atoms with van der Waals surface area (Å²) in [6.07, 6.45) is 6.28. The van der Waals surface area contributed by atoms with Crippen molar-refractivity contribution in [3.63, 3.8) is 0 Å². The van der Waals surface area contributed by atoms with Crippen molar-refractivity contribution in [1.29, 1.82) is 0 Å². The number of allylic oxidation sites excluding steroid dienone is 1.